The van der Waals surface area contributed by atoms with Crippen molar-refractivity contribution in [3.8, 4) is 0 Å². The van der Waals surface area contributed by atoms with Gasteiger partial charge in [-0.25, -0.2) is 16.8 Å². The van der Waals surface area contributed by atoms with Gasteiger partial charge in [-0.3, -0.25) is 4.90 Å². The first-order valence-electron chi connectivity index (χ1n) is 10.7. The Morgan fingerprint density at radius 3 is 2.26 bits per heavy atom. The molecular weight excluding hydrogens is 432 g/mol. The van der Waals surface area contributed by atoms with Crippen molar-refractivity contribution in [2.24, 2.45) is 0 Å². The van der Waals surface area contributed by atoms with Crippen LogP contribution < -0.4 is 5.32 Å². The quantitative estimate of drug-likeness (QED) is 0.574. The first kappa shape index (κ1) is 23.9. The molecular formula is C23H32N2O4S2. The number of benzene rings is 2. The maximum absolute atomic E-state index is 13.3. The third-order valence-electron chi connectivity index (χ3n) is 5.82. The Morgan fingerprint density at radius 1 is 1.00 bits per heavy atom. The van der Waals surface area contributed by atoms with Gasteiger partial charge in [0, 0.05) is 31.7 Å². The molecule has 0 saturated carbocycles. The first-order chi connectivity index (χ1) is 14.6. The molecule has 1 atom stereocenters. The summed E-state index contributed by atoms with van der Waals surface area (Å²) >= 11 is 0. The van der Waals surface area contributed by atoms with Crippen molar-refractivity contribution < 1.29 is 16.8 Å². The molecule has 0 fully saturated rings. The summed E-state index contributed by atoms with van der Waals surface area (Å²) in [6, 6.07) is 14.0. The van der Waals surface area contributed by atoms with Crippen molar-refractivity contribution in [1.29, 1.82) is 0 Å². The average molecular weight is 465 g/mol. The Labute approximate surface area is 186 Å². The van der Waals surface area contributed by atoms with Gasteiger partial charge in [0.2, 0.25) is 0 Å². The van der Waals surface area contributed by atoms with Crippen LogP contribution in [0.4, 0.5) is 0 Å². The lowest BCUT2D eigenvalue weighted by molar-refractivity contribution is 0.176. The van der Waals surface area contributed by atoms with Gasteiger partial charge in [-0.1, -0.05) is 30.3 Å². The molecule has 1 N–H and O–H groups in total. The van der Waals surface area contributed by atoms with Gasteiger partial charge in [-0.2, -0.15) is 0 Å². The largest absolute Gasteiger partial charge is 0.311 e. The van der Waals surface area contributed by atoms with Gasteiger partial charge >= 0.3 is 0 Å². The van der Waals surface area contributed by atoms with Gasteiger partial charge in [0.05, 0.1) is 15.5 Å². The van der Waals surface area contributed by atoms with E-state index in [0.29, 0.717) is 24.2 Å². The second-order valence-electron chi connectivity index (χ2n) is 8.56. The molecule has 0 aliphatic carbocycles. The van der Waals surface area contributed by atoms with E-state index < -0.39 is 30.7 Å². The molecule has 1 unspecified atom stereocenters. The van der Waals surface area contributed by atoms with E-state index in [9.17, 15) is 16.8 Å². The number of hydrogen-bond acceptors (Lipinski definition) is 6. The Morgan fingerprint density at radius 2 is 1.65 bits per heavy atom. The van der Waals surface area contributed by atoms with E-state index in [4.69, 9.17) is 0 Å². The number of fused-ring (bicyclic) bond motifs is 1. The second-order valence-corrected chi connectivity index (χ2v) is 12.7. The standard InChI is InChI=1S/C23H32N2O4S2/c1-17(2)25(18(3)4)14-13-24-15-19-9-8-12-21-23(19)22(16-30(21,26)27)31(28,29)20-10-6-5-7-11-20/h5-12,17-18,22,24H,13-16H2,1-4H3. The zero-order chi connectivity index (χ0) is 22.8. The number of rotatable bonds is 9. The Balaban J connectivity index is 1.87. The summed E-state index contributed by atoms with van der Waals surface area (Å²) in [5, 5.41) is 2.29. The number of hydrogen-bond donors (Lipinski definition) is 1. The van der Waals surface area contributed by atoms with E-state index in [1.54, 1.807) is 24.3 Å². The molecule has 0 amide bonds. The molecule has 0 aromatic heterocycles. The van der Waals surface area contributed by atoms with Crippen molar-refractivity contribution in [3.05, 3.63) is 59.7 Å². The summed E-state index contributed by atoms with van der Waals surface area (Å²) in [5.41, 5.74) is 1.15. The van der Waals surface area contributed by atoms with E-state index in [1.807, 2.05) is 6.07 Å². The highest BCUT2D eigenvalue weighted by atomic mass is 32.2. The minimum absolute atomic E-state index is 0.141. The molecule has 3 rings (SSSR count). The van der Waals surface area contributed by atoms with Crippen LogP contribution in [0, 0.1) is 0 Å². The summed E-state index contributed by atoms with van der Waals surface area (Å²) in [6.07, 6.45) is 0. The Hall–Kier alpha value is -1.74. The molecule has 31 heavy (non-hydrogen) atoms. The normalized spacial score (nSPS) is 18.1. The monoisotopic (exact) mass is 464 g/mol. The van der Waals surface area contributed by atoms with Gasteiger partial charge in [0.15, 0.2) is 19.7 Å². The number of sulfone groups is 2. The van der Waals surface area contributed by atoms with Crippen LogP contribution in [-0.2, 0) is 26.2 Å². The molecule has 1 aliphatic rings. The molecule has 0 radical (unpaired) electrons. The molecule has 2 aromatic carbocycles. The van der Waals surface area contributed by atoms with E-state index in [2.05, 4.69) is 37.9 Å². The lowest BCUT2D eigenvalue weighted by Crippen LogP contribution is -2.41. The van der Waals surface area contributed by atoms with Gasteiger partial charge in [-0.15, -0.1) is 0 Å². The molecule has 170 valence electrons. The highest BCUT2D eigenvalue weighted by Crippen LogP contribution is 2.42. The summed E-state index contributed by atoms with van der Waals surface area (Å²) < 4.78 is 52.2. The minimum Gasteiger partial charge on any atom is -0.311 e. The van der Waals surface area contributed by atoms with Crippen molar-refractivity contribution in [3.63, 3.8) is 0 Å². The topological polar surface area (TPSA) is 83.6 Å². The molecule has 0 bridgehead atoms. The van der Waals surface area contributed by atoms with Crippen LogP contribution >= 0.6 is 0 Å². The summed E-state index contributed by atoms with van der Waals surface area (Å²) in [4.78, 5) is 2.66. The van der Waals surface area contributed by atoms with Crippen LogP contribution in [0.2, 0.25) is 0 Å². The van der Waals surface area contributed by atoms with Crippen molar-refractivity contribution in [2.75, 3.05) is 18.8 Å². The molecule has 6 nitrogen and oxygen atoms in total. The molecule has 8 heteroatoms. The van der Waals surface area contributed by atoms with Crippen LogP contribution in [0.1, 0.15) is 44.1 Å². The van der Waals surface area contributed by atoms with E-state index in [0.717, 1.165) is 18.7 Å². The van der Waals surface area contributed by atoms with Crippen LogP contribution in [-0.4, -0.2) is 52.7 Å². The summed E-state index contributed by atoms with van der Waals surface area (Å²) in [7, 11) is -7.48. The fourth-order valence-corrected chi connectivity index (χ4v) is 8.74. The highest BCUT2D eigenvalue weighted by Gasteiger charge is 2.44. The molecule has 2 aromatic rings. The smallest absolute Gasteiger partial charge is 0.186 e. The second kappa shape index (κ2) is 9.40. The lowest BCUT2D eigenvalue weighted by atomic mass is 10.1. The maximum atomic E-state index is 13.3. The van der Waals surface area contributed by atoms with Gasteiger partial charge in [0.25, 0.3) is 0 Å². The number of nitrogens with zero attached hydrogens (tertiary/aromatic N) is 1. The predicted octanol–water partition coefficient (Wildman–Crippen LogP) is 3.20. The Bertz CT molecular complexity index is 1100. The van der Waals surface area contributed by atoms with Crippen LogP contribution in [0.25, 0.3) is 0 Å². The third kappa shape index (κ3) is 5.03. The third-order valence-corrected chi connectivity index (χ3v) is 9.91. The SMILES string of the molecule is CC(C)N(CCNCc1cccc2c1C(S(=O)(=O)c1ccccc1)CS2(=O)=O)C(C)C. The summed E-state index contributed by atoms with van der Waals surface area (Å²) in [5.74, 6) is -0.412. The van der Waals surface area contributed by atoms with E-state index in [-0.39, 0.29) is 9.79 Å². The van der Waals surface area contributed by atoms with Crippen LogP contribution in [0.3, 0.4) is 0 Å². The van der Waals surface area contributed by atoms with Crippen molar-refractivity contribution in [2.45, 2.75) is 61.4 Å². The minimum atomic E-state index is -3.83. The van der Waals surface area contributed by atoms with Gasteiger partial charge in [0.1, 0.15) is 5.25 Å². The van der Waals surface area contributed by atoms with Gasteiger partial charge < -0.3 is 5.32 Å². The number of nitrogens with one attached hydrogen (secondary N) is 1. The summed E-state index contributed by atoms with van der Waals surface area (Å²) in [6.45, 7) is 10.6. The highest BCUT2D eigenvalue weighted by molar-refractivity contribution is 7.96. The van der Waals surface area contributed by atoms with Crippen molar-refractivity contribution >= 4 is 19.7 Å². The van der Waals surface area contributed by atoms with Crippen molar-refractivity contribution in [1.82, 2.24) is 10.2 Å². The van der Waals surface area contributed by atoms with Crippen LogP contribution in [0.5, 0.6) is 0 Å². The lowest BCUT2D eigenvalue weighted by Gasteiger charge is -2.30. The maximum Gasteiger partial charge on any atom is 0.186 e. The van der Waals surface area contributed by atoms with Crippen LogP contribution in [0.15, 0.2) is 58.3 Å². The fourth-order valence-electron chi connectivity index (χ4n) is 4.32. The zero-order valence-corrected chi connectivity index (χ0v) is 20.2. The fraction of sp³-hybridized carbons (Fsp3) is 0.478. The predicted molar refractivity (Wildman–Crippen MR) is 124 cm³/mol. The average Bonchev–Trinajstić information content (AvgIpc) is 3.00. The molecule has 0 spiro atoms. The first-order valence-corrected chi connectivity index (χ1v) is 13.9. The van der Waals surface area contributed by atoms with Gasteiger partial charge in [-0.05, 0) is 57.0 Å². The zero-order valence-electron chi connectivity index (χ0n) is 18.6. The molecule has 0 saturated heterocycles. The van der Waals surface area contributed by atoms with E-state index >= 15 is 0 Å². The molecule has 1 aliphatic heterocycles. The van der Waals surface area contributed by atoms with E-state index in [1.165, 1.54) is 18.2 Å². The molecule has 1 heterocycles. The Kier molecular flexibility index (Phi) is 7.25.